The van der Waals surface area contributed by atoms with Gasteiger partial charge < -0.3 is 9.84 Å². The van der Waals surface area contributed by atoms with Crippen LogP contribution >= 0.6 is 23.2 Å². The zero-order valence-corrected chi connectivity index (χ0v) is 9.42. The number of aliphatic hydroxyl groups excluding tert-OH is 1. The molecule has 1 aromatic heterocycles. The van der Waals surface area contributed by atoms with Crippen molar-refractivity contribution in [2.75, 3.05) is 0 Å². The predicted octanol–water partition coefficient (Wildman–Crippen LogP) is 1.81. The van der Waals surface area contributed by atoms with E-state index >= 15 is 0 Å². The standard InChI is InChI=1S/C9H9Cl2NO3/c1-5(13)9(14)15-4-6-2-7(10)12-8(11)3-6/h2-3,5,13H,4H2,1H3/t5-/m0/s1. The van der Waals surface area contributed by atoms with Gasteiger partial charge in [0, 0.05) is 0 Å². The van der Waals surface area contributed by atoms with E-state index in [1.54, 1.807) is 0 Å². The van der Waals surface area contributed by atoms with Crippen molar-refractivity contribution in [2.45, 2.75) is 19.6 Å². The van der Waals surface area contributed by atoms with Crippen molar-refractivity contribution < 1.29 is 14.6 Å². The third-order valence-corrected chi connectivity index (χ3v) is 1.93. The van der Waals surface area contributed by atoms with E-state index in [0.29, 0.717) is 5.56 Å². The van der Waals surface area contributed by atoms with Gasteiger partial charge in [-0.3, -0.25) is 0 Å². The number of rotatable bonds is 3. The maximum Gasteiger partial charge on any atom is 0.334 e. The third kappa shape index (κ3) is 4.03. The zero-order valence-electron chi connectivity index (χ0n) is 7.91. The van der Waals surface area contributed by atoms with Crippen molar-refractivity contribution >= 4 is 29.2 Å². The fraction of sp³-hybridized carbons (Fsp3) is 0.333. The number of hydrogen-bond donors (Lipinski definition) is 1. The van der Waals surface area contributed by atoms with Crippen molar-refractivity contribution in [1.29, 1.82) is 0 Å². The number of ether oxygens (including phenoxy) is 1. The lowest BCUT2D eigenvalue weighted by Gasteiger charge is -2.06. The Balaban J connectivity index is 2.61. The Morgan fingerprint density at radius 3 is 2.53 bits per heavy atom. The first-order valence-electron chi connectivity index (χ1n) is 4.15. The van der Waals surface area contributed by atoms with Crippen molar-refractivity contribution in [1.82, 2.24) is 4.98 Å². The van der Waals surface area contributed by atoms with Crippen LogP contribution in [0.2, 0.25) is 10.3 Å². The molecule has 15 heavy (non-hydrogen) atoms. The van der Waals surface area contributed by atoms with Gasteiger partial charge in [0.15, 0.2) is 0 Å². The van der Waals surface area contributed by atoms with Crippen LogP contribution in [-0.4, -0.2) is 22.2 Å². The second-order valence-electron chi connectivity index (χ2n) is 2.90. The first-order chi connectivity index (χ1) is 6.99. The first-order valence-corrected chi connectivity index (χ1v) is 4.91. The monoisotopic (exact) mass is 249 g/mol. The first kappa shape index (κ1) is 12.2. The minimum atomic E-state index is -1.14. The highest BCUT2D eigenvalue weighted by Crippen LogP contribution is 2.15. The third-order valence-electron chi connectivity index (χ3n) is 1.54. The summed E-state index contributed by atoms with van der Waals surface area (Å²) in [5.41, 5.74) is 0.619. The fourth-order valence-corrected chi connectivity index (χ4v) is 1.38. The molecular formula is C9H9Cl2NO3. The number of halogens is 2. The number of carbonyl (C=O) groups excluding carboxylic acids is 1. The van der Waals surface area contributed by atoms with Crippen LogP contribution in [0.1, 0.15) is 12.5 Å². The molecule has 6 heteroatoms. The highest BCUT2D eigenvalue weighted by atomic mass is 35.5. The summed E-state index contributed by atoms with van der Waals surface area (Å²) < 4.78 is 4.77. The fourth-order valence-electron chi connectivity index (χ4n) is 0.873. The number of aliphatic hydroxyl groups is 1. The maximum absolute atomic E-state index is 10.9. The minimum Gasteiger partial charge on any atom is -0.459 e. The Morgan fingerprint density at radius 1 is 1.53 bits per heavy atom. The zero-order chi connectivity index (χ0) is 11.4. The molecule has 1 atom stereocenters. The number of hydrogen-bond acceptors (Lipinski definition) is 4. The predicted molar refractivity (Wildman–Crippen MR) is 55.7 cm³/mol. The van der Waals surface area contributed by atoms with Gasteiger partial charge in [-0.2, -0.15) is 0 Å². The van der Waals surface area contributed by atoms with E-state index in [4.69, 9.17) is 33.0 Å². The molecule has 0 fully saturated rings. The molecule has 0 saturated carbocycles. The van der Waals surface area contributed by atoms with E-state index in [0.717, 1.165) is 0 Å². The van der Waals surface area contributed by atoms with Gasteiger partial charge in [0.25, 0.3) is 0 Å². The number of nitrogens with zero attached hydrogens (tertiary/aromatic N) is 1. The van der Waals surface area contributed by atoms with Crippen LogP contribution in [0.3, 0.4) is 0 Å². The largest absolute Gasteiger partial charge is 0.459 e. The number of aromatic nitrogens is 1. The van der Waals surface area contributed by atoms with Crippen LogP contribution in [0.15, 0.2) is 12.1 Å². The Kier molecular flexibility index (Phi) is 4.32. The summed E-state index contributed by atoms with van der Waals surface area (Å²) >= 11 is 11.3. The van der Waals surface area contributed by atoms with Crippen LogP contribution < -0.4 is 0 Å². The average molecular weight is 250 g/mol. The van der Waals surface area contributed by atoms with Crippen LogP contribution in [-0.2, 0) is 16.1 Å². The minimum absolute atomic E-state index is 0.00565. The summed E-state index contributed by atoms with van der Waals surface area (Å²) in [7, 11) is 0. The molecule has 1 rings (SSSR count). The van der Waals surface area contributed by atoms with Crippen molar-refractivity contribution in [3.05, 3.63) is 28.0 Å². The Bertz CT molecular complexity index is 348. The SMILES string of the molecule is C[C@H](O)C(=O)OCc1cc(Cl)nc(Cl)c1. The molecule has 0 radical (unpaired) electrons. The molecule has 0 spiro atoms. The molecule has 1 heterocycles. The molecule has 0 aliphatic carbocycles. The van der Waals surface area contributed by atoms with Crippen molar-refractivity contribution in [3.8, 4) is 0 Å². The van der Waals surface area contributed by atoms with Gasteiger partial charge in [-0.1, -0.05) is 23.2 Å². The smallest absolute Gasteiger partial charge is 0.334 e. The van der Waals surface area contributed by atoms with Crippen molar-refractivity contribution in [3.63, 3.8) is 0 Å². The number of carbonyl (C=O) groups is 1. The summed E-state index contributed by atoms with van der Waals surface area (Å²) in [5, 5.41) is 9.32. The Labute approximate surface area is 96.8 Å². The molecule has 82 valence electrons. The number of esters is 1. The highest BCUT2D eigenvalue weighted by molar-refractivity contribution is 6.32. The summed E-state index contributed by atoms with van der Waals surface area (Å²) in [4.78, 5) is 14.7. The second-order valence-corrected chi connectivity index (χ2v) is 3.68. The second kappa shape index (κ2) is 5.30. The van der Waals surface area contributed by atoms with E-state index in [9.17, 15) is 4.79 Å². The van der Waals surface area contributed by atoms with E-state index in [1.807, 2.05) is 0 Å². The van der Waals surface area contributed by atoms with E-state index in [1.165, 1.54) is 19.1 Å². The molecule has 0 aliphatic rings. The maximum atomic E-state index is 10.9. The molecule has 1 aromatic rings. The van der Waals surface area contributed by atoms with E-state index < -0.39 is 12.1 Å². The molecule has 0 aliphatic heterocycles. The Morgan fingerprint density at radius 2 is 2.07 bits per heavy atom. The highest BCUT2D eigenvalue weighted by Gasteiger charge is 2.10. The Hall–Kier alpha value is -0.840. The summed E-state index contributed by atoms with van der Waals surface area (Å²) in [6.45, 7) is 1.33. The molecule has 0 amide bonds. The van der Waals surface area contributed by atoms with Crippen LogP contribution in [0.4, 0.5) is 0 Å². The van der Waals surface area contributed by atoms with Gasteiger partial charge >= 0.3 is 5.97 Å². The number of pyridine rings is 1. The van der Waals surface area contributed by atoms with Gasteiger partial charge in [-0.15, -0.1) is 0 Å². The molecule has 0 saturated heterocycles. The molecule has 1 N–H and O–H groups in total. The summed E-state index contributed by atoms with van der Waals surface area (Å²) in [6.07, 6.45) is -1.14. The van der Waals surface area contributed by atoms with E-state index in [2.05, 4.69) is 4.98 Å². The lowest BCUT2D eigenvalue weighted by molar-refractivity contribution is -0.153. The van der Waals surface area contributed by atoms with Crippen molar-refractivity contribution in [2.24, 2.45) is 0 Å². The van der Waals surface area contributed by atoms with Crippen LogP contribution in [0.5, 0.6) is 0 Å². The van der Waals surface area contributed by atoms with E-state index in [-0.39, 0.29) is 16.9 Å². The topological polar surface area (TPSA) is 59.4 Å². The average Bonchev–Trinajstić information content (AvgIpc) is 2.12. The summed E-state index contributed by atoms with van der Waals surface area (Å²) in [6, 6.07) is 3.06. The summed E-state index contributed by atoms with van der Waals surface area (Å²) in [5.74, 6) is -0.695. The van der Waals surface area contributed by atoms with Crippen LogP contribution in [0.25, 0.3) is 0 Å². The molecule has 0 unspecified atom stereocenters. The van der Waals surface area contributed by atoms with Gasteiger partial charge in [0.05, 0.1) is 0 Å². The van der Waals surface area contributed by atoms with Gasteiger partial charge in [-0.25, -0.2) is 9.78 Å². The van der Waals surface area contributed by atoms with Crippen LogP contribution in [0, 0.1) is 0 Å². The lowest BCUT2D eigenvalue weighted by atomic mass is 10.3. The van der Waals surface area contributed by atoms with Gasteiger partial charge in [-0.05, 0) is 24.6 Å². The van der Waals surface area contributed by atoms with Gasteiger partial charge in [0.2, 0.25) is 0 Å². The lowest BCUT2D eigenvalue weighted by Crippen LogP contribution is -2.19. The molecular weight excluding hydrogens is 241 g/mol. The molecule has 0 bridgehead atoms. The van der Waals surface area contributed by atoms with Gasteiger partial charge in [0.1, 0.15) is 23.0 Å². The normalized spacial score (nSPS) is 12.3. The quantitative estimate of drug-likeness (QED) is 0.656. The molecule has 0 aromatic carbocycles. The molecule has 4 nitrogen and oxygen atoms in total.